The Hall–Kier alpha value is 0.700. The number of halogens is 1. The number of allylic oxidation sites excluding steroid dienone is 3. The van der Waals surface area contributed by atoms with Crippen LogP contribution < -0.4 is 0 Å². The lowest BCUT2D eigenvalue weighted by Gasteiger charge is -2.16. The van der Waals surface area contributed by atoms with Crippen molar-refractivity contribution in [2.24, 2.45) is 11.8 Å². The Balaban J connectivity index is 4.99. The summed E-state index contributed by atoms with van der Waals surface area (Å²) < 4.78 is 13.0. The Morgan fingerprint density at radius 1 is 1.16 bits per heavy atom. The molecule has 0 amide bonds. The van der Waals surface area contributed by atoms with Gasteiger partial charge in [-0.3, -0.25) is 4.57 Å². The summed E-state index contributed by atoms with van der Waals surface area (Å²) in [4.78, 5) is 0. The summed E-state index contributed by atoms with van der Waals surface area (Å²) in [5, 5.41) is 0.623. The highest BCUT2D eigenvalue weighted by atomic mass is 35.5. The van der Waals surface area contributed by atoms with E-state index in [9.17, 15) is 4.57 Å². The molecule has 0 aliphatic heterocycles. The molecule has 0 bridgehead atoms. The molecule has 0 atom stereocenters. The summed E-state index contributed by atoms with van der Waals surface area (Å²) in [5.41, 5.74) is -1.47. The van der Waals surface area contributed by atoms with Crippen molar-refractivity contribution in [3.63, 3.8) is 0 Å². The zero-order chi connectivity index (χ0) is 15.1. The highest BCUT2D eigenvalue weighted by Crippen LogP contribution is 2.71. The van der Waals surface area contributed by atoms with E-state index < -0.39 is 5.55 Å². The Labute approximate surface area is 131 Å². The van der Waals surface area contributed by atoms with Gasteiger partial charge in [0.05, 0.1) is 0 Å². The van der Waals surface area contributed by atoms with Crippen LogP contribution in [-0.4, -0.2) is 11.5 Å². The second kappa shape index (κ2) is 9.60. The molecule has 5 heteroatoms. The molecule has 0 saturated heterocycles. The topological polar surface area (TPSA) is 17.1 Å². The molecule has 112 valence electrons. The fraction of sp³-hybridized carbons (Fsp3) is 0.714. The average molecular weight is 341 g/mol. The third kappa shape index (κ3) is 9.28. The second-order valence-electron chi connectivity index (χ2n) is 5.37. The maximum Gasteiger partial charge on any atom is 0.213 e. The van der Waals surface area contributed by atoms with Crippen LogP contribution in [0.3, 0.4) is 0 Å². The van der Waals surface area contributed by atoms with Gasteiger partial charge in [-0.2, -0.15) is 0 Å². The van der Waals surface area contributed by atoms with Crippen LogP contribution in [0.5, 0.6) is 0 Å². The molecule has 19 heavy (non-hydrogen) atoms. The average Bonchev–Trinajstić information content (AvgIpc) is 2.33. The van der Waals surface area contributed by atoms with Crippen LogP contribution in [0.15, 0.2) is 22.5 Å². The van der Waals surface area contributed by atoms with Gasteiger partial charge >= 0.3 is 0 Å². The van der Waals surface area contributed by atoms with E-state index in [1.165, 1.54) is 0 Å². The van der Waals surface area contributed by atoms with Gasteiger partial charge in [-0.05, 0) is 31.3 Å². The van der Waals surface area contributed by atoms with Gasteiger partial charge in [0, 0.05) is 22.4 Å². The normalized spacial score (nSPS) is 14.6. The smallest absolute Gasteiger partial charge is 0.213 e. The van der Waals surface area contributed by atoms with Crippen molar-refractivity contribution in [1.29, 1.82) is 0 Å². The maximum absolute atomic E-state index is 13.0. The predicted octanol–water partition coefficient (Wildman–Crippen LogP) is 7.00. The molecule has 0 N–H and O–H groups in total. The van der Waals surface area contributed by atoms with Crippen LogP contribution in [-0.2, 0) is 4.57 Å². The molecule has 0 radical (unpaired) electrons. The molecule has 0 saturated carbocycles. The Kier molecular flexibility index (Phi) is 9.96. The molecule has 0 aromatic rings. The minimum atomic E-state index is -2.45. The van der Waals surface area contributed by atoms with Crippen LogP contribution in [0.1, 0.15) is 41.5 Å². The van der Waals surface area contributed by atoms with Gasteiger partial charge < -0.3 is 0 Å². The van der Waals surface area contributed by atoms with Gasteiger partial charge in [-0.25, -0.2) is 0 Å². The largest absolute Gasteiger partial charge is 0.296 e. The number of hydrogen-bond donors (Lipinski definition) is 0. The highest BCUT2D eigenvalue weighted by Gasteiger charge is 2.23. The van der Waals surface area contributed by atoms with Crippen LogP contribution >= 0.6 is 39.9 Å². The molecular weight excluding hydrogens is 315 g/mol. The minimum Gasteiger partial charge on any atom is -0.296 e. The summed E-state index contributed by atoms with van der Waals surface area (Å²) in [6, 6.07) is 0. The van der Waals surface area contributed by atoms with E-state index >= 15 is 0 Å². The van der Waals surface area contributed by atoms with Gasteiger partial charge in [-0.15, -0.1) is 0 Å². The van der Waals surface area contributed by atoms with Gasteiger partial charge in [0.1, 0.15) is 0 Å². The van der Waals surface area contributed by atoms with Crippen LogP contribution in [0.25, 0.3) is 0 Å². The van der Waals surface area contributed by atoms with Crippen LogP contribution in [0, 0.1) is 11.8 Å². The molecule has 0 spiro atoms. The van der Waals surface area contributed by atoms with E-state index in [1.807, 2.05) is 19.9 Å². The summed E-state index contributed by atoms with van der Waals surface area (Å²) in [7, 11) is 0. The molecule has 0 heterocycles. The summed E-state index contributed by atoms with van der Waals surface area (Å²) in [5.74, 6) is 4.65. The second-order valence-corrected chi connectivity index (χ2v) is 13.8. The lowest BCUT2D eigenvalue weighted by atomic mass is 10.3. The van der Waals surface area contributed by atoms with Crippen molar-refractivity contribution < 1.29 is 4.57 Å². The lowest BCUT2D eigenvalue weighted by molar-refractivity contribution is 0.597. The molecule has 0 fully saturated rings. The van der Waals surface area contributed by atoms with Crippen LogP contribution in [0.4, 0.5) is 0 Å². The van der Waals surface area contributed by atoms with E-state index in [4.69, 9.17) is 11.6 Å². The predicted molar refractivity (Wildman–Crippen MR) is 95.6 cm³/mol. The monoisotopic (exact) mass is 340 g/mol. The Morgan fingerprint density at radius 2 is 1.58 bits per heavy atom. The zero-order valence-electron chi connectivity index (χ0n) is 12.8. The molecule has 0 aliphatic carbocycles. The van der Waals surface area contributed by atoms with E-state index in [-0.39, 0.29) is 0 Å². The van der Waals surface area contributed by atoms with E-state index in [0.717, 1.165) is 17.1 Å². The molecule has 0 unspecified atom stereocenters. The lowest BCUT2D eigenvalue weighted by Crippen LogP contribution is -1.92. The van der Waals surface area contributed by atoms with E-state index in [2.05, 4.69) is 27.7 Å². The fourth-order valence-corrected chi connectivity index (χ4v) is 9.69. The van der Waals surface area contributed by atoms with Crippen molar-refractivity contribution in [3.05, 3.63) is 22.5 Å². The number of rotatable bonds is 8. The molecule has 1 nitrogen and oxygen atoms in total. The van der Waals surface area contributed by atoms with E-state index in [0.29, 0.717) is 16.9 Å². The number of hydrogen-bond acceptors (Lipinski definition) is 3. The molecular formula is C14H26ClOPS2. The van der Waals surface area contributed by atoms with Crippen molar-refractivity contribution in [1.82, 2.24) is 0 Å². The van der Waals surface area contributed by atoms with Crippen molar-refractivity contribution in [2.75, 3.05) is 11.5 Å². The molecule has 0 aromatic heterocycles. The first kappa shape index (κ1) is 19.7. The Bertz CT molecular complexity index is 360. The van der Waals surface area contributed by atoms with Gasteiger partial charge in [0.25, 0.3) is 0 Å². The quantitative estimate of drug-likeness (QED) is 0.349. The van der Waals surface area contributed by atoms with Gasteiger partial charge in [0.2, 0.25) is 5.55 Å². The zero-order valence-corrected chi connectivity index (χ0v) is 16.1. The van der Waals surface area contributed by atoms with Gasteiger partial charge in [0.15, 0.2) is 0 Å². The van der Waals surface area contributed by atoms with Crippen LogP contribution in [0.2, 0.25) is 0 Å². The highest BCUT2D eigenvalue weighted by molar-refractivity contribution is 8.91. The summed E-state index contributed by atoms with van der Waals surface area (Å²) in [6.45, 7) is 12.5. The SMILES string of the molecule is C/C=C(C)\C(Cl)=C/P(=O)(SCC(C)C)SCC(C)C. The summed E-state index contributed by atoms with van der Waals surface area (Å²) >= 11 is 9.36. The van der Waals surface area contributed by atoms with Crippen molar-refractivity contribution in [3.8, 4) is 0 Å². The maximum atomic E-state index is 13.0. The Morgan fingerprint density at radius 3 is 1.89 bits per heavy atom. The standard InChI is InChI=1S/C14H26ClOPS2/c1-7-13(6)14(15)8-17(16,18-9-11(2)3)19-10-12(4)5/h7-8,11-12H,9-10H2,1-6H3/b13-7-,14-8+. The third-order valence-electron chi connectivity index (χ3n) is 2.26. The summed E-state index contributed by atoms with van der Waals surface area (Å²) in [6.07, 6.45) is 1.95. The van der Waals surface area contributed by atoms with Gasteiger partial charge in [-0.1, -0.05) is 68.1 Å². The molecule has 0 rings (SSSR count). The first-order chi connectivity index (χ1) is 8.70. The van der Waals surface area contributed by atoms with Crippen molar-refractivity contribution >= 4 is 39.9 Å². The molecule has 0 aromatic carbocycles. The minimum absolute atomic E-state index is 0.535. The molecule has 0 aliphatic rings. The van der Waals surface area contributed by atoms with E-state index in [1.54, 1.807) is 28.6 Å². The third-order valence-corrected chi connectivity index (χ3v) is 11.3. The van der Waals surface area contributed by atoms with Crippen molar-refractivity contribution in [2.45, 2.75) is 41.5 Å². The first-order valence-electron chi connectivity index (χ1n) is 6.60. The first-order valence-corrected chi connectivity index (χ1v) is 11.9. The fourth-order valence-electron chi connectivity index (χ4n) is 0.996.